The maximum absolute atomic E-state index is 13.0. The van der Waals surface area contributed by atoms with Crippen LogP contribution in [0, 0.1) is 5.92 Å². The number of nitrogens with zero attached hydrogens (tertiary/aromatic N) is 6. The quantitative estimate of drug-likeness (QED) is 0.734. The third kappa shape index (κ3) is 4.46. The molecule has 2 saturated heterocycles. The van der Waals surface area contributed by atoms with Crippen LogP contribution in [0.4, 0.5) is 5.95 Å². The van der Waals surface area contributed by atoms with Crippen molar-refractivity contribution in [3.63, 3.8) is 0 Å². The van der Waals surface area contributed by atoms with E-state index in [9.17, 15) is 4.79 Å². The van der Waals surface area contributed by atoms with E-state index in [0.29, 0.717) is 11.8 Å². The van der Waals surface area contributed by atoms with Crippen LogP contribution in [0.5, 0.6) is 0 Å². The van der Waals surface area contributed by atoms with Gasteiger partial charge in [0.15, 0.2) is 0 Å². The zero-order chi connectivity index (χ0) is 21.2. The molecular weight excluding hydrogens is 388 g/mol. The molecule has 7 nitrogen and oxygen atoms in total. The first kappa shape index (κ1) is 20.5. The molecule has 0 unspecified atom stereocenters. The van der Waals surface area contributed by atoms with Gasteiger partial charge in [0.05, 0.1) is 11.4 Å². The summed E-state index contributed by atoms with van der Waals surface area (Å²) >= 11 is 0. The minimum absolute atomic E-state index is 0.266. The van der Waals surface area contributed by atoms with Crippen molar-refractivity contribution in [2.24, 2.45) is 13.0 Å². The van der Waals surface area contributed by atoms with Crippen molar-refractivity contribution in [1.29, 1.82) is 0 Å². The summed E-state index contributed by atoms with van der Waals surface area (Å²) in [6.07, 6.45) is 14.2. The fourth-order valence-electron chi connectivity index (χ4n) is 5.59. The van der Waals surface area contributed by atoms with Crippen LogP contribution in [0.1, 0.15) is 69.4 Å². The predicted octanol–water partition coefficient (Wildman–Crippen LogP) is 3.76. The van der Waals surface area contributed by atoms with E-state index >= 15 is 0 Å². The van der Waals surface area contributed by atoms with E-state index in [0.717, 1.165) is 68.3 Å². The maximum atomic E-state index is 13.0. The largest absolute Gasteiger partial charge is 0.342 e. The standard InChI is InChI=1S/C24H34N6O/c1-28-17-20(21-10-11-25-24(26-21)29-12-4-5-13-29)23(27-28)19-9-6-14-30(16-19)22(31)15-18-7-2-3-8-18/h10-11,17-19H,2-9,12-16H2,1H3/t19-/m0/s1. The Hall–Kier alpha value is -2.44. The van der Waals surface area contributed by atoms with Crippen molar-refractivity contribution in [3.05, 3.63) is 24.2 Å². The van der Waals surface area contributed by atoms with Gasteiger partial charge in [0, 0.05) is 63.5 Å². The van der Waals surface area contributed by atoms with Gasteiger partial charge < -0.3 is 9.80 Å². The first-order valence-electron chi connectivity index (χ1n) is 12.1. The van der Waals surface area contributed by atoms with E-state index in [4.69, 9.17) is 10.1 Å². The van der Waals surface area contributed by atoms with E-state index in [-0.39, 0.29) is 5.92 Å². The number of anilines is 1. The summed E-state index contributed by atoms with van der Waals surface area (Å²) in [5.74, 6) is 2.03. The van der Waals surface area contributed by atoms with Gasteiger partial charge in [-0.2, -0.15) is 5.10 Å². The lowest BCUT2D eigenvalue weighted by molar-refractivity contribution is -0.133. The first-order chi connectivity index (χ1) is 15.2. The van der Waals surface area contributed by atoms with Gasteiger partial charge in [0.25, 0.3) is 0 Å². The predicted molar refractivity (Wildman–Crippen MR) is 121 cm³/mol. The lowest BCUT2D eigenvalue weighted by Gasteiger charge is -2.33. The topological polar surface area (TPSA) is 67.2 Å². The Morgan fingerprint density at radius 1 is 1.06 bits per heavy atom. The molecular formula is C24H34N6O. The Balaban J connectivity index is 1.35. The maximum Gasteiger partial charge on any atom is 0.225 e. The van der Waals surface area contributed by atoms with Crippen molar-refractivity contribution < 1.29 is 4.79 Å². The van der Waals surface area contributed by atoms with Gasteiger partial charge in [-0.05, 0) is 50.5 Å². The SMILES string of the molecule is Cn1cc(-c2ccnc(N3CCCC3)n2)c([C@H]2CCCN(C(=O)CC3CCCC3)C2)n1. The average molecular weight is 423 g/mol. The second-order valence-corrected chi connectivity index (χ2v) is 9.57. The second kappa shape index (κ2) is 8.97. The average Bonchev–Trinajstić information content (AvgIpc) is 3.56. The fraction of sp³-hybridized carbons (Fsp3) is 0.667. The van der Waals surface area contributed by atoms with Crippen LogP contribution in [-0.4, -0.2) is 56.7 Å². The highest BCUT2D eigenvalue weighted by Crippen LogP contribution is 2.34. The molecule has 2 aliphatic heterocycles. The molecule has 3 aliphatic rings. The molecule has 5 rings (SSSR count). The summed E-state index contributed by atoms with van der Waals surface area (Å²) in [7, 11) is 1.97. The molecule has 4 heterocycles. The molecule has 3 fully saturated rings. The van der Waals surface area contributed by atoms with Crippen molar-refractivity contribution in [3.8, 4) is 11.3 Å². The van der Waals surface area contributed by atoms with Crippen LogP contribution in [0.25, 0.3) is 11.3 Å². The molecule has 31 heavy (non-hydrogen) atoms. The molecule has 2 aromatic rings. The summed E-state index contributed by atoms with van der Waals surface area (Å²) in [4.78, 5) is 26.7. The van der Waals surface area contributed by atoms with Gasteiger partial charge in [-0.25, -0.2) is 9.97 Å². The molecule has 0 spiro atoms. The number of likely N-dealkylation sites (tertiary alicyclic amines) is 1. The van der Waals surface area contributed by atoms with Crippen molar-refractivity contribution in [2.75, 3.05) is 31.1 Å². The number of hydrogen-bond donors (Lipinski definition) is 0. The van der Waals surface area contributed by atoms with Crippen molar-refractivity contribution in [2.45, 2.75) is 63.7 Å². The molecule has 0 bridgehead atoms. The summed E-state index contributed by atoms with van der Waals surface area (Å²) in [5.41, 5.74) is 3.10. The van der Waals surface area contributed by atoms with Crippen molar-refractivity contribution >= 4 is 11.9 Å². The molecule has 2 aromatic heterocycles. The molecule has 7 heteroatoms. The molecule has 1 atom stereocenters. The van der Waals surface area contributed by atoms with Crippen LogP contribution in [0.15, 0.2) is 18.5 Å². The Bertz CT molecular complexity index is 913. The minimum atomic E-state index is 0.266. The Morgan fingerprint density at radius 3 is 2.68 bits per heavy atom. The van der Waals surface area contributed by atoms with Crippen LogP contribution < -0.4 is 4.90 Å². The fourth-order valence-corrected chi connectivity index (χ4v) is 5.59. The van der Waals surface area contributed by atoms with Gasteiger partial charge in [0.1, 0.15) is 0 Å². The third-order valence-corrected chi connectivity index (χ3v) is 7.26. The zero-order valence-electron chi connectivity index (χ0n) is 18.7. The van der Waals surface area contributed by atoms with E-state index in [2.05, 4.69) is 21.0 Å². The number of aryl methyl sites for hydroxylation is 1. The van der Waals surface area contributed by atoms with Gasteiger partial charge in [0.2, 0.25) is 11.9 Å². The zero-order valence-corrected chi connectivity index (χ0v) is 18.7. The number of piperidine rings is 1. The highest BCUT2D eigenvalue weighted by molar-refractivity contribution is 5.76. The minimum Gasteiger partial charge on any atom is -0.342 e. The summed E-state index contributed by atoms with van der Waals surface area (Å²) in [6.45, 7) is 3.73. The Kier molecular flexibility index (Phi) is 5.92. The molecule has 0 N–H and O–H groups in total. The second-order valence-electron chi connectivity index (χ2n) is 9.57. The van der Waals surface area contributed by atoms with Crippen LogP contribution in [-0.2, 0) is 11.8 Å². The van der Waals surface area contributed by atoms with Gasteiger partial charge >= 0.3 is 0 Å². The molecule has 166 valence electrons. The van der Waals surface area contributed by atoms with Gasteiger partial charge in [-0.15, -0.1) is 0 Å². The Morgan fingerprint density at radius 2 is 1.87 bits per heavy atom. The number of hydrogen-bond acceptors (Lipinski definition) is 5. The first-order valence-corrected chi connectivity index (χ1v) is 12.1. The van der Waals surface area contributed by atoms with E-state index in [1.807, 2.05) is 24.0 Å². The highest BCUT2D eigenvalue weighted by atomic mass is 16.2. The van der Waals surface area contributed by atoms with E-state index in [1.54, 1.807) is 0 Å². The van der Waals surface area contributed by atoms with E-state index < -0.39 is 0 Å². The van der Waals surface area contributed by atoms with E-state index in [1.165, 1.54) is 38.5 Å². The monoisotopic (exact) mass is 422 g/mol. The number of carbonyl (C=O) groups excluding carboxylic acids is 1. The molecule has 0 aromatic carbocycles. The third-order valence-electron chi connectivity index (χ3n) is 7.26. The van der Waals surface area contributed by atoms with Gasteiger partial charge in [-0.3, -0.25) is 9.48 Å². The molecule has 1 amide bonds. The molecule has 0 radical (unpaired) electrons. The number of aromatic nitrogens is 4. The molecule has 1 saturated carbocycles. The highest BCUT2D eigenvalue weighted by Gasteiger charge is 2.30. The summed E-state index contributed by atoms with van der Waals surface area (Å²) in [6, 6.07) is 1.99. The molecule has 1 aliphatic carbocycles. The Labute approximate surface area is 184 Å². The lowest BCUT2D eigenvalue weighted by Crippen LogP contribution is -2.40. The lowest BCUT2D eigenvalue weighted by atomic mass is 9.91. The van der Waals surface area contributed by atoms with Crippen LogP contribution in [0.2, 0.25) is 0 Å². The summed E-state index contributed by atoms with van der Waals surface area (Å²) in [5, 5.41) is 4.84. The summed E-state index contributed by atoms with van der Waals surface area (Å²) < 4.78 is 1.89. The number of amides is 1. The normalized spacial score (nSPS) is 22.4. The number of rotatable bonds is 5. The van der Waals surface area contributed by atoms with Crippen molar-refractivity contribution in [1.82, 2.24) is 24.6 Å². The van der Waals surface area contributed by atoms with Crippen LogP contribution >= 0.6 is 0 Å². The van der Waals surface area contributed by atoms with Crippen LogP contribution in [0.3, 0.4) is 0 Å². The smallest absolute Gasteiger partial charge is 0.225 e. The van der Waals surface area contributed by atoms with Gasteiger partial charge in [-0.1, -0.05) is 12.8 Å². The number of carbonyl (C=O) groups is 1.